The molecule has 7 heteroatoms. The van der Waals surface area contributed by atoms with Crippen LogP contribution in [0.4, 0.5) is 27.1 Å². The van der Waals surface area contributed by atoms with Gasteiger partial charge in [0.1, 0.15) is 11.9 Å². The first-order chi connectivity index (χ1) is 15.5. The van der Waals surface area contributed by atoms with Gasteiger partial charge in [-0.05, 0) is 60.9 Å². The Kier molecular flexibility index (Phi) is 6.35. The maximum atomic E-state index is 13.5. The number of benzene rings is 3. The fourth-order valence-electron chi connectivity index (χ4n) is 3.76. The summed E-state index contributed by atoms with van der Waals surface area (Å²) in [6, 6.07) is 20.0. The minimum Gasteiger partial charge on any atom is -0.396 e. The molecule has 4 N–H and O–H groups in total. The predicted octanol–water partition coefficient (Wildman–Crippen LogP) is 4.72. The Morgan fingerprint density at radius 1 is 0.969 bits per heavy atom. The highest BCUT2D eigenvalue weighted by atomic mass is 19.1. The SMILES string of the molecule is Nc1cc(NC(C(=O)Nc2ccc(N3CCCCC3=O)cc2)c2ccccc2)ccc1F. The van der Waals surface area contributed by atoms with Crippen molar-refractivity contribution in [3.05, 3.63) is 84.2 Å². The van der Waals surface area contributed by atoms with Crippen LogP contribution in [0, 0.1) is 5.82 Å². The zero-order valence-electron chi connectivity index (χ0n) is 17.6. The number of nitrogens with one attached hydrogen (secondary N) is 2. The lowest BCUT2D eigenvalue weighted by Crippen LogP contribution is -2.35. The number of nitrogens with two attached hydrogens (primary N) is 1. The highest BCUT2D eigenvalue weighted by molar-refractivity contribution is 5.98. The van der Waals surface area contributed by atoms with Crippen LogP contribution >= 0.6 is 0 Å². The molecule has 1 atom stereocenters. The summed E-state index contributed by atoms with van der Waals surface area (Å²) >= 11 is 0. The number of rotatable bonds is 6. The molecular formula is C25H25FN4O2. The number of hydrogen-bond donors (Lipinski definition) is 3. The summed E-state index contributed by atoms with van der Waals surface area (Å²) < 4.78 is 13.5. The van der Waals surface area contributed by atoms with Gasteiger partial charge in [-0.1, -0.05) is 30.3 Å². The van der Waals surface area contributed by atoms with E-state index in [2.05, 4.69) is 10.6 Å². The Hall–Kier alpha value is -3.87. The normalized spacial score (nSPS) is 14.7. The molecule has 0 aliphatic carbocycles. The van der Waals surface area contributed by atoms with E-state index in [9.17, 15) is 14.0 Å². The van der Waals surface area contributed by atoms with Crippen molar-refractivity contribution >= 4 is 34.6 Å². The molecule has 1 aliphatic heterocycles. The molecule has 3 aromatic rings. The van der Waals surface area contributed by atoms with Crippen LogP contribution in [0.2, 0.25) is 0 Å². The molecule has 1 saturated heterocycles. The molecule has 164 valence electrons. The van der Waals surface area contributed by atoms with E-state index >= 15 is 0 Å². The van der Waals surface area contributed by atoms with Crippen LogP contribution in [-0.2, 0) is 9.59 Å². The third kappa shape index (κ3) is 4.88. The van der Waals surface area contributed by atoms with Gasteiger partial charge in [0.15, 0.2) is 0 Å². The van der Waals surface area contributed by atoms with E-state index in [1.807, 2.05) is 42.5 Å². The molecule has 2 amide bonds. The maximum absolute atomic E-state index is 13.5. The Morgan fingerprint density at radius 3 is 2.38 bits per heavy atom. The fourth-order valence-corrected chi connectivity index (χ4v) is 3.76. The van der Waals surface area contributed by atoms with Gasteiger partial charge in [-0.25, -0.2) is 4.39 Å². The number of nitrogens with zero attached hydrogens (tertiary/aromatic N) is 1. The lowest BCUT2D eigenvalue weighted by Gasteiger charge is -2.27. The first kappa shape index (κ1) is 21.4. The Labute approximate surface area is 186 Å². The van der Waals surface area contributed by atoms with Crippen molar-refractivity contribution in [1.82, 2.24) is 0 Å². The summed E-state index contributed by atoms with van der Waals surface area (Å²) in [4.78, 5) is 27.1. The van der Waals surface area contributed by atoms with Gasteiger partial charge in [-0.3, -0.25) is 9.59 Å². The van der Waals surface area contributed by atoms with Crippen molar-refractivity contribution in [1.29, 1.82) is 0 Å². The number of nitrogen functional groups attached to an aromatic ring is 1. The molecule has 0 spiro atoms. The summed E-state index contributed by atoms with van der Waals surface area (Å²) in [5.41, 5.74) is 8.41. The first-order valence-electron chi connectivity index (χ1n) is 10.6. The predicted molar refractivity (Wildman–Crippen MR) is 125 cm³/mol. The molecular weight excluding hydrogens is 407 g/mol. The molecule has 3 aromatic carbocycles. The van der Waals surface area contributed by atoms with Gasteiger partial charge in [-0.2, -0.15) is 0 Å². The van der Waals surface area contributed by atoms with Crippen molar-refractivity contribution in [3.8, 4) is 0 Å². The van der Waals surface area contributed by atoms with Crippen LogP contribution in [0.5, 0.6) is 0 Å². The number of halogens is 1. The average Bonchev–Trinajstić information content (AvgIpc) is 2.81. The summed E-state index contributed by atoms with van der Waals surface area (Å²) in [6.07, 6.45) is 2.48. The molecule has 0 aromatic heterocycles. The second-order valence-corrected chi connectivity index (χ2v) is 7.76. The second-order valence-electron chi connectivity index (χ2n) is 7.76. The average molecular weight is 432 g/mol. The number of hydrogen-bond acceptors (Lipinski definition) is 4. The van der Waals surface area contributed by atoms with Crippen molar-refractivity contribution in [2.24, 2.45) is 0 Å². The monoisotopic (exact) mass is 432 g/mol. The minimum atomic E-state index is -0.718. The van der Waals surface area contributed by atoms with E-state index in [-0.39, 0.29) is 17.5 Å². The molecule has 1 unspecified atom stereocenters. The smallest absolute Gasteiger partial charge is 0.251 e. The number of carbonyl (C=O) groups excluding carboxylic acids is 2. The molecule has 4 rings (SSSR count). The standard InChI is InChI=1S/C25H25FN4O2/c26-21-14-11-19(16-22(21)27)28-24(17-6-2-1-3-7-17)25(32)29-18-9-12-20(13-10-18)30-15-5-4-8-23(30)31/h1-3,6-7,9-14,16,24,28H,4-5,8,15,27H2,(H,29,32). The second kappa shape index (κ2) is 9.51. The molecule has 0 saturated carbocycles. The number of anilines is 4. The van der Waals surface area contributed by atoms with Gasteiger partial charge in [0.05, 0.1) is 5.69 Å². The van der Waals surface area contributed by atoms with Gasteiger partial charge in [0.25, 0.3) is 5.91 Å². The van der Waals surface area contributed by atoms with E-state index in [1.165, 1.54) is 12.1 Å². The highest BCUT2D eigenvalue weighted by Crippen LogP contribution is 2.26. The lowest BCUT2D eigenvalue weighted by molar-refractivity contribution is -0.119. The van der Waals surface area contributed by atoms with Crippen molar-refractivity contribution in [2.75, 3.05) is 27.8 Å². The van der Waals surface area contributed by atoms with E-state index in [0.717, 1.165) is 24.1 Å². The number of carbonyl (C=O) groups is 2. The maximum Gasteiger partial charge on any atom is 0.251 e. The van der Waals surface area contributed by atoms with Gasteiger partial charge in [0, 0.05) is 30.0 Å². The van der Waals surface area contributed by atoms with Gasteiger partial charge >= 0.3 is 0 Å². The third-order valence-corrected chi connectivity index (χ3v) is 5.47. The molecule has 1 aliphatic rings. The van der Waals surface area contributed by atoms with Crippen LogP contribution in [-0.4, -0.2) is 18.4 Å². The van der Waals surface area contributed by atoms with Crippen molar-refractivity contribution in [2.45, 2.75) is 25.3 Å². The van der Waals surface area contributed by atoms with Crippen molar-refractivity contribution in [3.63, 3.8) is 0 Å². The minimum absolute atomic E-state index is 0.00469. The van der Waals surface area contributed by atoms with Crippen LogP contribution < -0.4 is 21.3 Å². The number of amides is 2. The summed E-state index contributed by atoms with van der Waals surface area (Å²) in [7, 11) is 0. The van der Waals surface area contributed by atoms with Crippen LogP contribution in [0.3, 0.4) is 0 Å². The fraction of sp³-hybridized carbons (Fsp3) is 0.200. The van der Waals surface area contributed by atoms with Crippen LogP contribution in [0.1, 0.15) is 30.9 Å². The zero-order chi connectivity index (χ0) is 22.5. The molecule has 6 nitrogen and oxygen atoms in total. The third-order valence-electron chi connectivity index (χ3n) is 5.47. The Morgan fingerprint density at radius 2 is 1.69 bits per heavy atom. The van der Waals surface area contributed by atoms with Crippen LogP contribution in [0.25, 0.3) is 0 Å². The van der Waals surface area contributed by atoms with E-state index in [0.29, 0.717) is 24.3 Å². The first-order valence-corrected chi connectivity index (χ1v) is 10.6. The molecule has 0 radical (unpaired) electrons. The summed E-state index contributed by atoms with van der Waals surface area (Å²) in [5, 5.41) is 6.06. The lowest BCUT2D eigenvalue weighted by atomic mass is 10.1. The molecule has 0 bridgehead atoms. The Balaban J connectivity index is 1.52. The largest absolute Gasteiger partial charge is 0.396 e. The molecule has 1 heterocycles. The number of piperidine rings is 1. The van der Waals surface area contributed by atoms with Gasteiger partial charge in [0.2, 0.25) is 5.91 Å². The van der Waals surface area contributed by atoms with E-state index in [1.54, 1.807) is 23.1 Å². The van der Waals surface area contributed by atoms with Gasteiger partial charge < -0.3 is 21.3 Å². The van der Waals surface area contributed by atoms with E-state index in [4.69, 9.17) is 5.73 Å². The molecule has 32 heavy (non-hydrogen) atoms. The quantitative estimate of drug-likeness (QED) is 0.492. The Bertz CT molecular complexity index is 1100. The van der Waals surface area contributed by atoms with E-state index < -0.39 is 11.9 Å². The summed E-state index contributed by atoms with van der Waals surface area (Å²) in [5.74, 6) is -0.663. The highest BCUT2D eigenvalue weighted by Gasteiger charge is 2.22. The van der Waals surface area contributed by atoms with Crippen molar-refractivity contribution < 1.29 is 14.0 Å². The molecule has 1 fully saturated rings. The van der Waals surface area contributed by atoms with Gasteiger partial charge in [-0.15, -0.1) is 0 Å². The zero-order valence-corrected chi connectivity index (χ0v) is 17.6. The van der Waals surface area contributed by atoms with Crippen LogP contribution in [0.15, 0.2) is 72.8 Å². The topological polar surface area (TPSA) is 87.5 Å². The summed E-state index contributed by atoms with van der Waals surface area (Å²) in [6.45, 7) is 0.714.